The van der Waals surface area contributed by atoms with Gasteiger partial charge in [-0.15, -0.1) is 0 Å². The predicted octanol–water partition coefficient (Wildman–Crippen LogP) is -3.93. The summed E-state index contributed by atoms with van der Waals surface area (Å²) in [4.78, 5) is 8.55. The maximum absolute atomic E-state index is 9.90. The van der Waals surface area contributed by atoms with E-state index in [2.05, 4.69) is 4.74 Å². The van der Waals surface area contributed by atoms with Crippen molar-refractivity contribution >= 4 is 0 Å². The molecule has 0 aliphatic heterocycles. The predicted molar refractivity (Wildman–Crippen MR) is 22.1 cm³/mol. The average Bonchev–Trinajstić information content (AvgIpc) is 1.65. The van der Waals surface area contributed by atoms with E-state index in [0.29, 0.717) is 0 Å². The zero-order valence-corrected chi connectivity index (χ0v) is 7.16. The van der Waals surface area contributed by atoms with Crippen LogP contribution in [0.2, 0.25) is 0 Å². The first kappa shape index (κ1) is 11.5. The van der Waals surface area contributed by atoms with E-state index >= 15 is 0 Å². The summed E-state index contributed by atoms with van der Waals surface area (Å²) in [7, 11) is 1.07. The normalized spacial score (nSPS) is 9.67. The van der Waals surface area contributed by atoms with E-state index in [1.807, 2.05) is 0 Å². The molecule has 0 radical (unpaired) electrons. The molecule has 0 N–H and O–H groups in total. The molecule has 0 aromatic heterocycles. The summed E-state index contributed by atoms with van der Waals surface area (Å²) in [6, 6.07) is 0. The van der Waals surface area contributed by atoms with E-state index in [9.17, 15) is 15.2 Å². The second-order valence-electron chi connectivity index (χ2n) is 0.938. The number of hydrogen-bond donors (Lipinski definition) is 0. The van der Waals surface area contributed by atoms with Gasteiger partial charge in [0.15, 0.2) is 0 Å². The molecule has 0 atom stereocenters. The number of rotatable bonds is 2. The van der Waals surface area contributed by atoms with Crippen molar-refractivity contribution in [3.63, 3.8) is 0 Å². The second kappa shape index (κ2) is 5.87. The molecule has 0 aromatic carbocycles. The zero-order valence-electron chi connectivity index (χ0n) is 5.16. The van der Waals surface area contributed by atoms with Gasteiger partial charge in [-0.1, -0.05) is 0 Å². The van der Waals surface area contributed by atoms with Crippen LogP contribution in [0.5, 0.6) is 0 Å². The Balaban J connectivity index is 0. The molecule has 0 amide bonds. The molecule has 0 saturated heterocycles. The van der Waals surface area contributed by atoms with Gasteiger partial charge in [-0.2, -0.15) is 0 Å². The third-order valence-corrected chi connectivity index (χ3v) is 0.412. The van der Waals surface area contributed by atoms with Crippen LogP contribution in [0, 0.1) is 10.1 Å². The van der Waals surface area contributed by atoms with Crippen molar-refractivity contribution < 1.29 is 44.3 Å². The summed E-state index contributed by atoms with van der Waals surface area (Å²) in [5.74, 6) is -0.949. The van der Waals surface area contributed by atoms with Crippen molar-refractivity contribution in [1.29, 1.82) is 0 Å². The standard InChI is InChI=1S/C3H5NO4.Na/c1-8-3(5)2-4(6)7;/h2,5H,1H3;/q;+1/p-1/b3-2-;. The Morgan fingerprint density at radius 1 is 1.78 bits per heavy atom. The Labute approximate surface area is 73.8 Å². The number of nitrogens with zero attached hydrogens (tertiary/aromatic N) is 1. The molecule has 0 bridgehead atoms. The number of methoxy groups -OCH3 is 1. The fourth-order valence-electron chi connectivity index (χ4n) is 0.139. The number of hydrogen-bond acceptors (Lipinski definition) is 4. The first-order valence-electron chi connectivity index (χ1n) is 1.73. The van der Waals surface area contributed by atoms with E-state index in [4.69, 9.17) is 0 Å². The van der Waals surface area contributed by atoms with Gasteiger partial charge in [0.05, 0.1) is 4.92 Å². The zero-order chi connectivity index (χ0) is 6.57. The third kappa shape index (κ3) is 7.74. The average molecular weight is 141 g/mol. The molecule has 46 valence electrons. The Kier molecular flexibility index (Phi) is 7.52. The van der Waals surface area contributed by atoms with Crippen LogP contribution in [0.4, 0.5) is 0 Å². The van der Waals surface area contributed by atoms with Gasteiger partial charge in [-0.25, -0.2) is 0 Å². The summed E-state index contributed by atoms with van der Waals surface area (Å²) in [5, 5.41) is 19.3. The van der Waals surface area contributed by atoms with Gasteiger partial charge in [0.1, 0.15) is 5.95 Å². The fourth-order valence-corrected chi connectivity index (χ4v) is 0.139. The third-order valence-electron chi connectivity index (χ3n) is 0.412. The minimum Gasteiger partial charge on any atom is -0.612 e. The maximum atomic E-state index is 9.90. The molecule has 6 heteroatoms. The molecule has 5 nitrogen and oxygen atoms in total. The largest absolute Gasteiger partial charge is 1.00 e. The van der Waals surface area contributed by atoms with Crippen molar-refractivity contribution in [2.45, 2.75) is 0 Å². The molecule has 0 rings (SSSR count). The molecule has 9 heavy (non-hydrogen) atoms. The van der Waals surface area contributed by atoms with E-state index in [0.717, 1.165) is 7.11 Å². The van der Waals surface area contributed by atoms with E-state index in [1.54, 1.807) is 0 Å². The van der Waals surface area contributed by atoms with Crippen molar-refractivity contribution in [3.05, 3.63) is 22.3 Å². The van der Waals surface area contributed by atoms with Crippen LogP contribution in [0.1, 0.15) is 0 Å². The van der Waals surface area contributed by atoms with Crippen LogP contribution in [-0.2, 0) is 4.74 Å². The Hall–Kier alpha value is -0.260. The Morgan fingerprint density at radius 3 is 2.33 bits per heavy atom. The van der Waals surface area contributed by atoms with Crippen LogP contribution < -0.4 is 34.7 Å². The van der Waals surface area contributed by atoms with Gasteiger partial charge >= 0.3 is 29.6 Å². The molecule has 0 heterocycles. The van der Waals surface area contributed by atoms with Gasteiger partial charge in [-0.3, -0.25) is 10.1 Å². The summed E-state index contributed by atoms with van der Waals surface area (Å²) in [6.45, 7) is 0. The minimum atomic E-state index is -0.949. The van der Waals surface area contributed by atoms with Crippen LogP contribution in [0.25, 0.3) is 0 Å². The van der Waals surface area contributed by atoms with Crippen LogP contribution in [0.3, 0.4) is 0 Å². The smallest absolute Gasteiger partial charge is 0.612 e. The number of nitro groups is 1. The summed E-state index contributed by atoms with van der Waals surface area (Å²) < 4.78 is 3.92. The monoisotopic (exact) mass is 141 g/mol. The van der Waals surface area contributed by atoms with Crippen molar-refractivity contribution in [3.8, 4) is 0 Å². The van der Waals surface area contributed by atoms with Crippen molar-refractivity contribution in [2.75, 3.05) is 7.11 Å². The molecule has 0 spiro atoms. The van der Waals surface area contributed by atoms with Crippen LogP contribution >= 0.6 is 0 Å². The van der Waals surface area contributed by atoms with Gasteiger partial charge in [0.2, 0.25) is 0 Å². The molecule has 0 aromatic rings. The fraction of sp³-hybridized carbons (Fsp3) is 0.333. The first-order chi connectivity index (χ1) is 3.66. The molecule has 0 saturated carbocycles. The minimum absolute atomic E-state index is 0. The first-order valence-corrected chi connectivity index (χ1v) is 1.73. The van der Waals surface area contributed by atoms with Gasteiger partial charge in [-0.05, 0) is 7.11 Å². The molecular weight excluding hydrogens is 137 g/mol. The van der Waals surface area contributed by atoms with Crippen LogP contribution in [-0.4, -0.2) is 12.0 Å². The molecule has 0 unspecified atom stereocenters. The number of ether oxygens (including phenoxy) is 1. The SMILES string of the molecule is CO/C([O-])=C\[N+](=O)[O-].[Na+]. The summed E-state index contributed by atoms with van der Waals surface area (Å²) >= 11 is 0. The quantitative estimate of drug-likeness (QED) is 0.170. The molecule has 0 aliphatic rings. The summed E-state index contributed by atoms with van der Waals surface area (Å²) in [5.41, 5.74) is 0. The Morgan fingerprint density at radius 2 is 2.22 bits per heavy atom. The molecular formula is C3H4NNaO4. The topological polar surface area (TPSA) is 75.4 Å². The molecule has 0 aliphatic carbocycles. The van der Waals surface area contributed by atoms with Crippen molar-refractivity contribution in [1.82, 2.24) is 0 Å². The molecule has 0 fully saturated rings. The van der Waals surface area contributed by atoms with Crippen LogP contribution in [0.15, 0.2) is 12.1 Å². The van der Waals surface area contributed by atoms with E-state index in [-0.39, 0.29) is 35.8 Å². The Bertz CT molecular complexity index is 123. The van der Waals surface area contributed by atoms with Crippen molar-refractivity contribution in [2.24, 2.45) is 0 Å². The second-order valence-corrected chi connectivity index (χ2v) is 0.938. The maximum Gasteiger partial charge on any atom is 1.00 e. The van der Waals surface area contributed by atoms with E-state index < -0.39 is 10.9 Å². The summed E-state index contributed by atoms with van der Waals surface area (Å²) in [6.07, 6.45) is 0.250. The van der Waals surface area contributed by atoms with E-state index in [1.165, 1.54) is 0 Å². The van der Waals surface area contributed by atoms with Gasteiger partial charge in [0.25, 0.3) is 6.20 Å². The van der Waals surface area contributed by atoms with Gasteiger partial charge in [0, 0.05) is 0 Å². The van der Waals surface area contributed by atoms with Gasteiger partial charge < -0.3 is 9.84 Å².